The monoisotopic (exact) mass is 891 g/mol. The second kappa shape index (κ2) is 21.5. The molecule has 7 atom stereocenters. The molecule has 0 radical (unpaired) electrons. The zero-order chi connectivity index (χ0) is 42.6. The number of phosphoric ester groups is 3. The van der Waals surface area contributed by atoms with Crippen LogP contribution < -0.4 is 16.4 Å². The van der Waals surface area contributed by atoms with Crippen LogP contribution in [-0.4, -0.2) is 123 Å². The van der Waals surface area contributed by atoms with Crippen LogP contribution in [0.2, 0.25) is 0 Å². The number of hydrogen-bond acceptors (Lipinski definition) is 18. The van der Waals surface area contributed by atoms with Crippen LogP contribution in [0.5, 0.6) is 0 Å². The number of carbonyl (C=O) groups excluding carboxylic acids is 3. The molecule has 0 aromatic carbocycles. The van der Waals surface area contributed by atoms with Gasteiger partial charge in [-0.25, -0.2) is 28.6 Å². The number of nitrogens with zero attached hydrogens (tertiary/aromatic N) is 4. The highest BCUT2D eigenvalue weighted by Crippen LogP contribution is 2.61. The van der Waals surface area contributed by atoms with Gasteiger partial charge in [0.2, 0.25) is 16.9 Å². The van der Waals surface area contributed by atoms with Crippen LogP contribution in [0.15, 0.2) is 24.8 Å². The van der Waals surface area contributed by atoms with Crippen LogP contribution in [0, 0.1) is 5.41 Å². The van der Waals surface area contributed by atoms with Gasteiger partial charge in [0.25, 0.3) is 0 Å². The Labute approximate surface area is 330 Å². The number of nitrogen functional groups attached to an aromatic ring is 1. The number of ether oxygens (including phenoxy) is 1. The smallest absolute Gasteiger partial charge is 0.386 e. The van der Waals surface area contributed by atoms with Crippen LogP contribution in [0.3, 0.4) is 0 Å². The number of amides is 2. The predicted octanol–water partition coefficient (Wildman–Crippen LogP) is 0.801. The van der Waals surface area contributed by atoms with Gasteiger partial charge >= 0.3 is 23.5 Å². The lowest BCUT2D eigenvalue weighted by Gasteiger charge is -2.30. The van der Waals surface area contributed by atoms with Gasteiger partial charge < -0.3 is 50.9 Å². The fourth-order valence-corrected chi connectivity index (χ4v) is 8.45. The molecule has 0 bridgehead atoms. The Morgan fingerprint density at radius 3 is 2.46 bits per heavy atom. The summed E-state index contributed by atoms with van der Waals surface area (Å²) in [6, 6.07) is 0. The molecule has 2 aromatic rings. The first-order valence-electron chi connectivity index (χ1n) is 17.3. The number of rotatable bonds is 24. The Balaban J connectivity index is 1.46. The van der Waals surface area contributed by atoms with E-state index in [0.29, 0.717) is 5.75 Å². The van der Waals surface area contributed by atoms with E-state index >= 15 is 0 Å². The molecular weight excluding hydrogens is 843 g/mol. The largest absolute Gasteiger partial charge is 0.481 e. The number of aromatic nitrogens is 4. The maximum atomic E-state index is 12.7. The first kappa shape index (κ1) is 48.7. The van der Waals surface area contributed by atoms with Gasteiger partial charge in [-0.3, -0.25) is 32.5 Å². The fraction of sp³-hybridized carbons (Fsp3) is 0.655. The summed E-state index contributed by atoms with van der Waals surface area (Å²) >= 11 is 1.05. The molecule has 3 rings (SSSR count). The summed E-state index contributed by atoms with van der Waals surface area (Å²) in [4.78, 5) is 87.5. The molecule has 2 amide bonds. The second-order valence-corrected chi connectivity index (χ2v) is 18.5. The molecule has 1 aliphatic rings. The summed E-state index contributed by atoms with van der Waals surface area (Å²) in [6.45, 7) is 2.59. The summed E-state index contributed by atoms with van der Waals surface area (Å²) in [5, 5.41) is 26.3. The summed E-state index contributed by atoms with van der Waals surface area (Å²) in [5.41, 5.74) is 4.26. The van der Waals surface area contributed by atoms with Gasteiger partial charge in [-0.1, -0.05) is 51.5 Å². The van der Waals surface area contributed by atoms with E-state index in [1.165, 1.54) is 19.9 Å². The average Bonchev–Trinajstić information content (AvgIpc) is 3.68. The van der Waals surface area contributed by atoms with Crippen LogP contribution in [0.4, 0.5) is 5.82 Å². The molecular formula is C29H48N7O17P3S. The molecule has 0 saturated carbocycles. The van der Waals surface area contributed by atoms with Crippen molar-refractivity contribution >= 4 is 69.1 Å². The van der Waals surface area contributed by atoms with E-state index in [1.54, 1.807) is 0 Å². The van der Waals surface area contributed by atoms with Gasteiger partial charge in [-0.05, 0) is 18.9 Å². The Hall–Kier alpha value is -2.70. The van der Waals surface area contributed by atoms with Crippen molar-refractivity contribution in [2.75, 3.05) is 37.8 Å². The van der Waals surface area contributed by atoms with E-state index in [9.17, 15) is 57.9 Å². The standard InChI is InChI=1S/C29H48N7O17P3S/c1-4-5-6-7-8-9-20(38)57-13-12-31-19(37)10-11-32-27(41)24(40)29(2,3)15-50-56(47,48)53-55(45,46)49-14-18-23(52-54(42,43)44)22(39)28(51-18)36-17-35-21-25(30)33-16-34-26(21)36/h8-9,16-18,22-24,28,39-40H,4-7,10-15H2,1-3H3,(H,31,37)(H,32,41)(H,45,46)(H,47,48)(H2,30,33,34)(H2,42,43,44)/b9-8+. The highest BCUT2D eigenvalue weighted by Gasteiger charge is 2.50. The number of imidazole rings is 1. The molecule has 1 saturated heterocycles. The molecule has 57 heavy (non-hydrogen) atoms. The SMILES string of the molecule is CCCCC/C=C/C(=O)SCCNC(=O)CCNC(=O)C(O)C(C)(C)COP(=O)(O)OP(=O)(O)OCC1OC(n2cnc3c(N)ncnc32)C(O)C1OP(=O)(O)O. The van der Waals surface area contributed by atoms with Crippen molar-refractivity contribution in [3.05, 3.63) is 24.8 Å². The number of carbonyl (C=O) groups is 3. The van der Waals surface area contributed by atoms with Gasteiger partial charge in [0.15, 0.2) is 17.7 Å². The van der Waals surface area contributed by atoms with Crippen molar-refractivity contribution in [1.29, 1.82) is 0 Å². The topological polar surface area (TPSA) is 364 Å². The lowest BCUT2D eigenvalue weighted by atomic mass is 9.87. The summed E-state index contributed by atoms with van der Waals surface area (Å²) < 4.78 is 62.1. The normalized spacial score (nSPS) is 21.6. The quantitative estimate of drug-likeness (QED) is 0.0400. The maximum Gasteiger partial charge on any atom is 0.481 e. The van der Waals surface area contributed by atoms with E-state index < -0.39 is 84.6 Å². The minimum Gasteiger partial charge on any atom is -0.386 e. The lowest BCUT2D eigenvalue weighted by molar-refractivity contribution is -0.137. The van der Waals surface area contributed by atoms with E-state index in [0.717, 1.165) is 54.7 Å². The Morgan fingerprint density at radius 1 is 1.07 bits per heavy atom. The first-order valence-corrected chi connectivity index (χ1v) is 22.8. The van der Waals surface area contributed by atoms with Crippen LogP contribution >= 0.6 is 35.2 Å². The van der Waals surface area contributed by atoms with Crippen LogP contribution in [-0.2, 0) is 50.7 Å². The number of aliphatic hydroxyl groups excluding tert-OH is 2. The minimum atomic E-state index is -5.57. The first-order chi connectivity index (χ1) is 26.6. The zero-order valence-electron chi connectivity index (χ0n) is 31.1. The summed E-state index contributed by atoms with van der Waals surface area (Å²) in [6.07, 6.45) is 0.413. The second-order valence-electron chi connectivity index (χ2n) is 13.1. The molecule has 24 nitrogen and oxygen atoms in total. The number of hydrogen-bond donors (Lipinski definition) is 9. The van der Waals surface area contributed by atoms with E-state index in [1.807, 2.05) is 6.08 Å². The third-order valence-electron chi connectivity index (χ3n) is 7.97. The van der Waals surface area contributed by atoms with Gasteiger partial charge in [0.1, 0.15) is 36.3 Å². The maximum absolute atomic E-state index is 12.7. The number of aliphatic hydroxyl groups is 2. The Kier molecular flexibility index (Phi) is 18.4. The van der Waals surface area contributed by atoms with Crippen molar-refractivity contribution in [3.63, 3.8) is 0 Å². The number of nitrogens with two attached hydrogens (primary N) is 1. The van der Waals surface area contributed by atoms with Gasteiger partial charge in [-0.2, -0.15) is 4.31 Å². The predicted molar refractivity (Wildman–Crippen MR) is 200 cm³/mol. The molecule has 28 heteroatoms. The Bertz CT molecular complexity index is 1860. The number of thioether (sulfide) groups is 1. The van der Waals surface area contributed by atoms with Crippen molar-refractivity contribution in [2.24, 2.45) is 5.41 Å². The molecule has 7 unspecified atom stereocenters. The third kappa shape index (κ3) is 15.8. The molecule has 10 N–H and O–H groups in total. The van der Waals surface area contributed by atoms with Crippen LogP contribution in [0.1, 0.15) is 59.1 Å². The van der Waals surface area contributed by atoms with E-state index in [-0.39, 0.29) is 41.6 Å². The lowest BCUT2D eigenvalue weighted by Crippen LogP contribution is -2.46. The molecule has 0 spiro atoms. The molecule has 1 aliphatic heterocycles. The van der Waals surface area contributed by atoms with Crippen molar-refractivity contribution in [3.8, 4) is 0 Å². The molecule has 322 valence electrons. The summed E-state index contributed by atoms with van der Waals surface area (Å²) in [7, 11) is -16.4. The number of unbranched alkanes of at least 4 members (excludes halogenated alkanes) is 3. The van der Waals surface area contributed by atoms with Crippen LogP contribution in [0.25, 0.3) is 11.2 Å². The molecule has 3 heterocycles. The number of fused-ring (bicyclic) bond motifs is 1. The molecule has 2 aromatic heterocycles. The summed E-state index contributed by atoms with van der Waals surface area (Å²) in [5.74, 6) is -1.11. The van der Waals surface area contributed by atoms with Crippen molar-refractivity contribution < 1.29 is 80.5 Å². The van der Waals surface area contributed by atoms with Gasteiger partial charge in [-0.15, -0.1) is 0 Å². The average molecular weight is 892 g/mol. The zero-order valence-corrected chi connectivity index (χ0v) is 34.6. The fourth-order valence-electron chi connectivity index (χ4n) is 5.02. The van der Waals surface area contributed by atoms with Gasteiger partial charge in [0.05, 0.1) is 19.5 Å². The van der Waals surface area contributed by atoms with E-state index in [2.05, 4.69) is 41.3 Å². The third-order valence-corrected chi connectivity index (χ3v) is 11.9. The number of phosphoric acid groups is 3. The number of anilines is 1. The number of allylic oxidation sites excluding steroid dienone is 1. The highest BCUT2D eigenvalue weighted by atomic mass is 32.2. The van der Waals surface area contributed by atoms with Crippen molar-refractivity contribution in [1.82, 2.24) is 30.2 Å². The highest BCUT2D eigenvalue weighted by molar-refractivity contribution is 8.14. The molecule has 0 aliphatic carbocycles. The van der Waals surface area contributed by atoms with Gasteiger partial charge in [0, 0.05) is 30.7 Å². The Morgan fingerprint density at radius 2 is 1.77 bits per heavy atom. The number of nitrogens with one attached hydrogen (secondary N) is 2. The minimum absolute atomic E-state index is 0.0310. The van der Waals surface area contributed by atoms with E-state index in [4.69, 9.17) is 19.5 Å². The molecule has 1 fully saturated rings. The van der Waals surface area contributed by atoms with Crippen molar-refractivity contribution in [2.45, 2.75) is 83.5 Å².